The minimum atomic E-state index is -1.58. The van der Waals surface area contributed by atoms with Crippen molar-refractivity contribution in [1.29, 1.82) is 0 Å². The van der Waals surface area contributed by atoms with Crippen LogP contribution in [0.2, 0.25) is 0 Å². The number of aliphatic hydroxyl groups excluding tert-OH is 4. The van der Waals surface area contributed by atoms with Gasteiger partial charge < -0.3 is 39.4 Å². The standard InChI is InChI=1S/C21H38O10/c1-3-5-7-8-10-16(23)28-12-14(30-17(24)9-6-4-2)13-29-21-20(27)19(26)18(25)15(11-22)31-21/h14-15,18-22,25-27H,3-13H2,1-2H3/t14-,15-,18+,19+,20-,21-/m1/s1. The molecule has 1 aliphatic heterocycles. The summed E-state index contributed by atoms with van der Waals surface area (Å²) in [5.74, 6) is -0.873. The van der Waals surface area contributed by atoms with Gasteiger partial charge in [-0.1, -0.05) is 39.5 Å². The average molecular weight is 451 g/mol. The van der Waals surface area contributed by atoms with Crippen LogP contribution in [0.15, 0.2) is 0 Å². The maximum atomic E-state index is 12.0. The smallest absolute Gasteiger partial charge is 0.306 e. The van der Waals surface area contributed by atoms with E-state index in [1.165, 1.54) is 0 Å². The fourth-order valence-corrected chi connectivity index (χ4v) is 3.04. The van der Waals surface area contributed by atoms with Gasteiger partial charge in [-0.3, -0.25) is 9.59 Å². The molecule has 1 aliphatic rings. The Kier molecular flexibility index (Phi) is 13.9. The normalized spacial score (nSPS) is 27.0. The summed E-state index contributed by atoms with van der Waals surface area (Å²) in [7, 11) is 0. The van der Waals surface area contributed by atoms with E-state index < -0.39 is 55.4 Å². The van der Waals surface area contributed by atoms with Gasteiger partial charge in [0.05, 0.1) is 13.2 Å². The largest absolute Gasteiger partial charge is 0.462 e. The average Bonchev–Trinajstić information content (AvgIpc) is 2.76. The summed E-state index contributed by atoms with van der Waals surface area (Å²) in [4.78, 5) is 23.9. The van der Waals surface area contributed by atoms with Crippen LogP contribution in [0, 0.1) is 0 Å². The maximum absolute atomic E-state index is 12.0. The number of aliphatic hydroxyl groups is 4. The first kappa shape index (κ1) is 27.7. The molecule has 6 atom stereocenters. The lowest BCUT2D eigenvalue weighted by atomic mass is 9.99. The first-order chi connectivity index (χ1) is 14.8. The van der Waals surface area contributed by atoms with Gasteiger partial charge in [-0.2, -0.15) is 0 Å². The number of ether oxygens (including phenoxy) is 4. The van der Waals surface area contributed by atoms with E-state index in [2.05, 4.69) is 6.92 Å². The van der Waals surface area contributed by atoms with Gasteiger partial charge in [-0.25, -0.2) is 0 Å². The molecule has 0 radical (unpaired) electrons. The molecule has 0 aromatic heterocycles. The Hall–Kier alpha value is -1.30. The van der Waals surface area contributed by atoms with E-state index in [1.54, 1.807) is 0 Å². The number of unbranched alkanes of at least 4 members (excludes halogenated alkanes) is 4. The Morgan fingerprint density at radius 3 is 2.19 bits per heavy atom. The van der Waals surface area contributed by atoms with Gasteiger partial charge in [0.15, 0.2) is 12.4 Å². The van der Waals surface area contributed by atoms with Crippen molar-refractivity contribution in [2.45, 2.75) is 102 Å². The van der Waals surface area contributed by atoms with Crippen molar-refractivity contribution in [2.24, 2.45) is 0 Å². The zero-order valence-electron chi connectivity index (χ0n) is 18.5. The molecular formula is C21H38O10. The number of carbonyl (C=O) groups excluding carboxylic acids is 2. The van der Waals surface area contributed by atoms with Gasteiger partial charge in [0.25, 0.3) is 0 Å². The van der Waals surface area contributed by atoms with Crippen LogP contribution in [0.25, 0.3) is 0 Å². The minimum Gasteiger partial charge on any atom is -0.462 e. The van der Waals surface area contributed by atoms with Gasteiger partial charge in [0.2, 0.25) is 0 Å². The van der Waals surface area contributed by atoms with E-state index in [-0.39, 0.29) is 26.1 Å². The summed E-state index contributed by atoms with van der Waals surface area (Å²) >= 11 is 0. The molecule has 0 unspecified atom stereocenters. The number of hydrogen-bond donors (Lipinski definition) is 4. The third kappa shape index (κ3) is 10.2. The van der Waals surface area contributed by atoms with Crippen LogP contribution in [0.1, 0.15) is 65.2 Å². The lowest BCUT2D eigenvalue weighted by Gasteiger charge is -2.39. The summed E-state index contributed by atoms with van der Waals surface area (Å²) < 4.78 is 21.2. The number of hydrogen-bond acceptors (Lipinski definition) is 10. The topological polar surface area (TPSA) is 152 Å². The maximum Gasteiger partial charge on any atom is 0.306 e. The van der Waals surface area contributed by atoms with Crippen LogP contribution in [0.5, 0.6) is 0 Å². The Labute approximate surface area is 183 Å². The predicted octanol–water partition coefficient (Wildman–Crippen LogP) is 0.418. The Morgan fingerprint density at radius 1 is 0.871 bits per heavy atom. The fourth-order valence-electron chi connectivity index (χ4n) is 3.04. The second-order valence-electron chi connectivity index (χ2n) is 7.74. The first-order valence-electron chi connectivity index (χ1n) is 11.1. The monoisotopic (exact) mass is 450 g/mol. The van der Waals surface area contributed by atoms with E-state index in [9.17, 15) is 30.0 Å². The fraction of sp³-hybridized carbons (Fsp3) is 0.905. The van der Waals surface area contributed by atoms with Gasteiger partial charge in [-0.15, -0.1) is 0 Å². The molecule has 0 spiro atoms. The molecule has 0 aromatic carbocycles. The molecule has 182 valence electrons. The van der Waals surface area contributed by atoms with Crippen molar-refractivity contribution in [2.75, 3.05) is 19.8 Å². The minimum absolute atomic E-state index is 0.206. The molecule has 10 nitrogen and oxygen atoms in total. The highest BCUT2D eigenvalue weighted by Crippen LogP contribution is 2.22. The second-order valence-corrected chi connectivity index (χ2v) is 7.74. The molecule has 1 rings (SSSR count). The highest BCUT2D eigenvalue weighted by Gasteiger charge is 2.44. The van der Waals surface area contributed by atoms with Crippen LogP contribution < -0.4 is 0 Å². The van der Waals surface area contributed by atoms with Crippen molar-refractivity contribution in [3.05, 3.63) is 0 Å². The quantitative estimate of drug-likeness (QED) is 0.204. The van der Waals surface area contributed by atoms with E-state index in [4.69, 9.17) is 18.9 Å². The number of rotatable bonds is 15. The van der Waals surface area contributed by atoms with Crippen molar-refractivity contribution in [3.8, 4) is 0 Å². The summed E-state index contributed by atoms with van der Waals surface area (Å²) in [5, 5.41) is 39.0. The van der Waals surface area contributed by atoms with Gasteiger partial charge in [0, 0.05) is 12.8 Å². The molecule has 0 saturated carbocycles. The summed E-state index contributed by atoms with van der Waals surface area (Å²) in [6.45, 7) is 2.93. The summed E-state index contributed by atoms with van der Waals surface area (Å²) in [6.07, 6.45) is -2.39. The Morgan fingerprint density at radius 2 is 1.55 bits per heavy atom. The van der Waals surface area contributed by atoms with Crippen molar-refractivity contribution in [3.63, 3.8) is 0 Å². The molecule has 0 amide bonds. The molecule has 0 bridgehead atoms. The molecule has 1 fully saturated rings. The molecule has 31 heavy (non-hydrogen) atoms. The summed E-state index contributed by atoms with van der Waals surface area (Å²) in [5.41, 5.74) is 0. The highest BCUT2D eigenvalue weighted by atomic mass is 16.7. The lowest BCUT2D eigenvalue weighted by Crippen LogP contribution is -2.59. The Balaban J connectivity index is 2.60. The molecule has 0 aliphatic carbocycles. The van der Waals surface area contributed by atoms with Crippen LogP contribution in [0.3, 0.4) is 0 Å². The van der Waals surface area contributed by atoms with Crippen molar-refractivity contribution >= 4 is 11.9 Å². The van der Waals surface area contributed by atoms with E-state index in [1.807, 2.05) is 6.92 Å². The van der Waals surface area contributed by atoms with E-state index >= 15 is 0 Å². The van der Waals surface area contributed by atoms with Gasteiger partial charge >= 0.3 is 11.9 Å². The molecule has 1 heterocycles. The third-order valence-electron chi connectivity index (χ3n) is 4.99. The number of esters is 2. The molecule has 10 heteroatoms. The molecule has 1 saturated heterocycles. The zero-order valence-corrected chi connectivity index (χ0v) is 18.5. The lowest BCUT2D eigenvalue weighted by molar-refractivity contribution is -0.305. The molecular weight excluding hydrogens is 412 g/mol. The van der Waals surface area contributed by atoms with Crippen LogP contribution in [-0.2, 0) is 28.5 Å². The van der Waals surface area contributed by atoms with Crippen LogP contribution in [0.4, 0.5) is 0 Å². The summed E-state index contributed by atoms with van der Waals surface area (Å²) in [6, 6.07) is 0. The van der Waals surface area contributed by atoms with Crippen LogP contribution in [-0.4, -0.2) is 89.0 Å². The molecule has 4 N–H and O–H groups in total. The Bertz CT molecular complexity index is 512. The molecule has 0 aromatic rings. The van der Waals surface area contributed by atoms with Crippen molar-refractivity contribution in [1.82, 2.24) is 0 Å². The van der Waals surface area contributed by atoms with Gasteiger partial charge in [-0.05, 0) is 12.8 Å². The first-order valence-corrected chi connectivity index (χ1v) is 11.1. The van der Waals surface area contributed by atoms with Gasteiger partial charge in [0.1, 0.15) is 31.0 Å². The van der Waals surface area contributed by atoms with Crippen LogP contribution >= 0.6 is 0 Å². The SMILES string of the molecule is CCCCCCC(=O)OC[C@H](CO[C@@H]1O[C@H](CO)[C@H](O)[C@H](O)[C@H]1O)OC(=O)CCCC. The van der Waals surface area contributed by atoms with Crippen molar-refractivity contribution < 1.29 is 49.0 Å². The number of carbonyl (C=O) groups is 2. The predicted molar refractivity (Wildman–Crippen MR) is 109 cm³/mol. The van der Waals surface area contributed by atoms with E-state index in [0.717, 1.165) is 32.1 Å². The zero-order chi connectivity index (χ0) is 23.2. The van der Waals surface area contributed by atoms with E-state index in [0.29, 0.717) is 6.42 Å². The third-order valence-corrected chi connectivity index (χ3v) is 4.99. The second kappa shape index (κ2) is 15.5. The highest BCUT2D eigenvalue weighted by molar-refractivity contribution is 5.70.